The van der Waals surface area contributed by atoms with Crippen molar-refractivity contribution in [3.05, 3.63) is 82.6 Å². The van der Waals surface area contributed by atoms with Crippen molar-refractivity contribution in [3.8, 4) is 11.5 Å². The van der Waals surface area contributed by atoms with Gasteiger partial charge in [-0.15, -0.1) is 0 Å². The van der Waals surface area contributed by atoms with Gasteiger partial charge in [0.1, 0.15) is 28.8 Å². The maximum absolute atomic E-state index is 13.8. The number of carbonyl (C=O) groups excluding carboxylic acids is 1. The van der Waals surface area contributed by atoms with Gasteiger partial charge in [-0.2, -0.15) is 0 Å². The van der Waals surface area contributed by atoms with Gasteiger partial charge in [-0.3, -0.25) is 9.10 Å². The van der Waals surface area contributed by atoms with Crippen LogP contribution < -0.4 is 19.1 Å². The fraction of sp³-hybridized carbons (Fsp3) is 0.240. The molecule has 1 amide bonds. The number of rotatable bonds is 9. The lowest BCUT2D eigenvalue weighted by Crippen LogP contribution is -2.41. The van der Waals surface area contributed by atoms with Gasteiger partial charge in [-0.25, -0.2) is 12.8 Å². The molecule has 0 aliphatic rings. The third kappa shape index (κ3) is 6.04. The molecule has 1 N–H and O–H groups in total. The second-order valence-electron chi connectivity index (χ2n) is 7.83. The van der Waals surface area contributed by atoms with Gasteiger partial charge in [0, 0.05) is 0 Å². The molecule has 35 heavy (non-hydrogen) atoms. The maximum Gasteiger partial charge on any atom is 0.268 e. The van der Waals surface area contributed by atoms with E-state index in [2.05, 4.69) is 5.32 Å². The van der Waals surface area contributed by atoms with E-state index in [1.807, 2.05) is 0 Å². The molecule has 0 saturated carbocycles. The van der Waals surface area contributed by atoms with Gasteiger partial charge >= 0.3 is 0 Å². The van der Waals surface area contributed by atoms with Crippen LogP contribution in [0.3, 0.4) is 0 Å². The molecule has 0 spiro atoms. The number of nitrogens with zero attached hydrogens (tertiary/aromatic N) is 1. The van der Waals surface area contributed by atoms with E-state index in [4.69, 9.17) is 21.1 Å². The Hall–Kier alpha value is -3.30. The molecule has 1 atom stereocenters. The first kappa shape index (κ1) is 26.3. The van der Waals surface area contributed by atoms with Crippen molar-refractivity contribution < 1.29 is 27.1 Å². The summed E-state index contributed by atoms with van der Waals surface area (Å²) in [6, 6.07) is 14.4. The predicted octanol–water partition coefficient (Wildman–Crippen LogP) is 4.88. The molecule has 0 fully saturated rings. The third-order valence-electron chi connectivity index (χ3n) is 5.35. The number of nitrogens with one attached hydrogen (secondary N) is 1. The summed E-state index contributed by atoms with van der Waals surface area (Å²) in [4.78, 5) is 12.9. The summed E-state index contributed by atoms with van der Waals surface area (Å²) in [6.07, 6.45) is 0. The highest BCUT2D eigenvalue weighted by molar-refractivity contribution is 7.93. The van der Waals surface area contributed by atoms with E-state index in [0.717, 1.165) is 4.31 Å². The lowest BCUT2D eigenvalue weighted by molar-refractivity contribution is -0.120. The summed E-state index contributed by atoms with van der Waals surface area (Å²) in [5.41, 5.74) is 1.54. The standard InChI is InChI=1S/C25H26ClFN2O5S/c1-16-5-11-23(34-4)24(13-16)35(31,32)29(20-10-12-22(33-3)21(26)14-20)15-25(30)28-17(2)18-6-8-19(27)9-7-18/h5-14,17H,15H2,1-4H3,(H,28,30)/t17-/m0/s1. The summed E-state index contributed by atoms with van der Waals surface area (Å²) in [5.74, 6) is -0.465. The Kier molecular flexibility index (Phi) is 8.24. The van der Waals surface area contributed by atoms with E-state index in [9.17, 15) is 17.6 Å². The van der Waals surface area contributed by atoms with Gasteiger partial charge in [-0.1, -0.05) is 29.8 Å². The summed E-state index contributed by atoms with van der Waals surface area (Å²) >= 11 is 6.26. The topological polar surface area (TPSA) is 84.9 Å². The van der Waals surface area contributed by atoms with Crippen molar-refractivity contribution in [1.82, 2.24) is 5.32 Å². The molecule has 0 unspecified atom stereocenters. The average molecular weight is 521 g/mol. The lowest BCUT2D eigenvalue weighted by Gasteiger charge is -2.26. The molecule has 0 radical (unpaired) electrons. The number of sulfonamides is 1. The minimum Gasteiger partial charge on any atom is -0.495 e. The highest BCUT2D eigenvalue weighted by Gasteiger charge is 2.31. The summed E-state index contributed by atoms with van der Waals surface area (Å²) in [6.45, 7) is 2.94. The van der Waals surface area contributed by atoms with Crippen LogP contribution in [0.4, 0.5) is 10.1 Å². The van der Waals surface area contributed by atoms with Gasteiger partial charge in [0.15, 0.2) is 0 Å². The fourth-order valence-corrected chi connectivity index (χ4v) is 5.39. The fourth-order valence-electron chi connectivity index (χ4n) is 3.48. The third-order valence-corrected chi connectivity index (χ3v) is 7.44. The molecule has 0 aliphatic heterocycles. The van der Waals surface area contributed by atoms with Crippen molar-refractivity contribution in [3.63, 3.8) is 0 Å². The zero-order chi connectivity index (χ0) is 25.8. The zero-order valence-electron chi connectivity index (χ0n) is 19.7. The van der Waals surface area contributed by atoms with Gasteiger partial charge < -0.3 is 14.8 Å². The SMILES string of the molecule is COc1ccc(N(CC(=O)N[C@@H](C)c2ccc(F)cc2)S(=O)(=O)c2cc(C)ccc2OC)cc1Cl. The summed E-state index contributed by atoms with van der Waals surface area (Å²) in [7, 11) is -1.45. The van der Waals surface area contributed by atoms with Crippen molar-refractivity contribution in [1.29, 1.82) is 0 Å². The minimum absolute atomic E-state index is 0.0914. The number of anilines is 1. The first-order valence-corrected chi connectivity index (χ1v) is 12.4. The number of carbonyl (C=O) groups is 1. The Morgan fingerprint density at radius 1 is 1.03 bits per heavy atom. The van der Waals surface area contributed by atoms with Gasteiger partial charge in [0.05, 0.1) is 31.0 Å². The summed E-state index contributed by atoms with van der Waals surface area (Å²) in [5, 5.41) is 2.94. The van der Waals surface area contributed by atoms with Crippen molar-refractivity contribution in [2.24, 2.45) is 0 Å². The highest BCUT2D eigenvalue weighted by atomic mass is 35.5. The lowest BCUT2D eigenvalue weighted by atomic mass is 10.1. The predicted molar refractivity (Wildman–Crippen MR) is 133 cm³/mol. The minimum atomic E-state index is -4.26. The Balaban J connectivity index is 2.00. The van der Waals surface area contributed by atoms with Gasteiger partial charge in [0.25, 0.3) is 10.0 Å². The number of ether oxygens (including phenoxy) is 2. The average Bonchev–Trinajstić information content (AvgIpc) is 2.82. The molecular formula is C25H26ClFN2O5S. The van der Waals surface area contributed by atoms with E-state index in [1.54, 1.807) is 38.1 Å². The molecule has 0 aliphatic carbocycles. The van der Waals surface area contributed by atoms with Crippen LogP contribution in [-0.2, 0) is 14.8 Å². The van der Waals surface area contributed by atoms with E-state index in [0.29, 0.717) is 16.9 Å². The molecule has 7 nitrogen and oxygen atoms in total. The van der Waals surface area contributed by atoms with Crippen molar-refractivity contribution >= 4 is 33.2 Å². The number of halogens is 2. The molecule has 0 bridgehead atoms. The normalized spacial score (nSPS) is 12.1. The molecule has 0 aromatic heterocycles. The van der Waals surface area contributed by atoms with Crippen LogP contribution in [0.5, 0.6) is 11.5 Å². The molecule has 0 saturated heterocycles. The van der Waals surface area contributed by atoms with Crippen molar-refractivity contribution in [2.45, 2.75) is 24.8 Å². The van der Waals surface area contributed by atoms with E-state index >= 15 is 0 Å². The number of aryl methyl sites for hydroxylation is 1. The smallest absolute Gasteiger partial charge is 0.268 e. The first-order chi connectivity index (χ1) is 16.6. The second-order valence-corrected chi connectivity index (χ2v) is 10.1. The number of hydrogen-bond donors (Lipinski definition) is 1. The highest BCUT2D eigenvalue weighted by Crippen LogP contribution is 2.34. The molecule has 3 aromatic rings. The molecule has 186 valence electrons. The Morgan fingerprint density at radius 3 is 2.26 bits per heavy atom. The van der Waals surface area contributed by atoms with Crippen LogP contribution in [0, 0.1) is 12.7 Å². The van der Waals surface area contributed by atoms with Gasteiger partial charge in [-0.05, 0) is 67.4 Å². The van der Waals surface area contributed by atoms with Crippen LogP contribution in [0.1, 0.15) is 24.1 Å². The summed E-state index contributed by atoms with van der Waals surface area (Å²) < 4.78 is 52.3. The van der Waals surface area contributed by atoms with Crippen LogP contribution in [0.25, 0.3) is 0 Å². The number of hydrogen-bond acceptors (Lipinski definition) is 5. The van der Waals surface area contributed by atoms with Gasteiger partial charge in [0.2, 0.25) is 5.91 Å². The molecule has 0 heterocycles. The van der Waals surface area contributed by atoms with Crippen LogP contribution in [0.2, 0.25) is 5.02 Å². The van der Waals surface area contributed by atoms with Crippen LogP contribution in [-0.4, -0.2) is 35.1 Å². The molecule has 10 heteroatoms. The zero-order valence-corrected chi connectivity index (χ0v) is 21.3. The quantitative estimate of drug-likeness (QED) is 0.435. The van der Waals surface area contributed by atoms with Crippen molar-refractivity contribution in [2.75, 3.05) is 25.1 Å². The second kappa shape index (κ2) is 11.0. The molecule has 3 aromatic carbocycles. The number of benzene rings is 3. The van der Waals surface area contributed by atoms with E-state index in [1.165, 1.54) is 50.6 Å². The largest absolute Gasteiger partial charge is 0.495 e. The monoisotopic (exact) mass is 520 g/mol. The maximum atomic E-state index is 13.8. The van der Waals surface area contributed by atoms with E-state index < -0.39 is 34.3 Å². The van der Waals surface area contributed by atoms with Crippen LogP contribution in [0.15, 0.2) is 65.6 Å². The number of methoxy groups -OCH3 is 2. The number of amides is 1. The molecular weight excluding hydrogens is 495 g/mol. The Labute approximate surface area is 209 Å². The van der Waals surface area contributed by atoms with E-state index in [-0.39, 0.29) is 21.4 Å². The van der Waals surface area contributed by atoms with Crippen LogP contribution >= 0.6 is 11.6 Å². The molecule has 3 rings (SSSR count). The Bertz CT molecular complexity index is 1320. The first-order valence-electron chi connectivity index (χ1n) is 10.6. The Morgan fingerprint density at radius 2 is 1.66 bits per heavy atom.